The summed E-state index contributed by atoms with van der Waals surface area (Å²) in [5.41, 5.74) is 2.22. The van der Waals surface area contributed by atoms with Crippen LogP contribution in [0.3, 0.4) is 0 Å². The average Bonchev–Trinajstić information content (AvgIpc) is 2.47. The Kier molecular flexibility index (Phi) is 3.23. The maximum absolute atomic E-state index is 12.6. The highest BCUT2D eigenvalue weighted by molar-refractivity contribution is 7.89. The predicted octanol–water partition coefficient (Wildman–Crippen LogP) is 2.14. The number of aromatic hydroxyl groups is 1. The zero-order valence-electron chi connectivity index (χ0n) is 10.9. The molecular weight excluding hydrogens is 274 g/mol. The molecule has 4 nitrogen and oxygen atoms in total. The van der Waals surface area contributed by atoms with Crippen LogP contribution in [0.4, 0.5) is 0 Å². The van der Waals surface area contributed by atoms with Crippen LogP contribution in [0, 0.1) is 0 Å². The minimum absolute atomic E-state index is 0.0284. The molecule has 0 unspecified atom stereocenters. The Hall–Kier alpha value is -1.85. The third-order valence-corrected chi connectivity index (χ3v) is 5.47. The summed E-state index contributed by atoms with van der Waals surface area (Å²) in [5.74, 6) is -0.202. The highest BCUT2D eigenvalue weighted by Crippen LogP contribution is 2.29. The summed E-state index contributed by atoms with van der Waals surface area (Å²) in [5, 5.41) is 9.77. The average molecular weight is 289 g/mol. The fraction of sp³-hybridized carbons (Fsp3) is 0.200. The van der Waals surface area contributed by atoms with Crippen LogP contribution in [0.5, 0.6) is 5.75 Å². The molecule has 0 aromatic heterocycles. The first-order chi connectivity index (χ1) is 9.59. The largest absolute Gasteiger partial charge is 0.507 e. The van der Waals surface area contributed by atoms with Crippen molar-refractivity contribution in [1.29, 1.82) is 0 Å². The SMILES string of the molecule is O=S(=O)(c1ccccc1O)N1CCc2ccccc2C1. The van der Waals surface area contributed by atoms with Crippen molar-refractivity contribution in [3.05, 3.63) is 59.7 Å². The van der Waals surface area contributed by atoms with Crippen LogP contribution in [-0.4, -0.2) is 24.4 Å². The second-order valence-electron chi connectivity index (χ2n) is 4.83. The van der Waals surface area contributed by atoms with Crippen LogP contribution < -0.4 is 0 Å². The highest BCUT2D eigenvalue weighted by Gasteiger charge is 2.29. The Morgan fingerprint density at radius 1 is 0.950 bits per heavy atom. The second-order valence-corrected chi connectivity index (χ2v) is 6.73. The molecule has 0 radical (unpaired) electrons. The summed E-state index contributed by atoms with van der Waals surface area (Å²) in [7, 11) is -3.65. The van der Waals surface area contributed by atoms with Gasteiger partial charge in [-0.25, -0.2) is 8.42 Å². The highest BCUT2D eigenvalue weighted by atomic mass is 32.2. The number of phenolic OH excluding ortho intramolecular Hbond substituents is 1. The van der Waals surface area contributed by atoms with Gasteiger partial charge in [-0.1, -0.05) is 36.4 Å². The van der Waals surface area contributed by atoms with E-state index in [9.17, 15) is 13.5 Å². The first kappa shape index (κ1) is 13.1. The van der Waals surface area contributed by atoms with Crippen molar-refractivity contribution in [2.75, 3.05) is 6.54 Å². The van der Waals surface area contributed by atoms with E-state index in [4.69, 9.17) is 0 Å². The minimum atomic E-state index is -3.65. The fourth-order valence-electron chi connectivity index (χ4n) is 2.49. The lowest BCUT2D eigenvalue weighted by molar-refractivity contribution is 0.386. The molecule has 0 fully saturated rings. The van der Waals surface area contributed by atoms with Crippen LogP contribution >= 0.6 is 0 Å². The molecule has 0 bridgehead atoms. The number of para-hydroxylation sites is 1. The summed E-state index contributed by atoms with van der Waals surface area (Å²) in [6, 6.07) is 13.9. The predicted molar refractivity (Wildman–Crippen MR) is 75.8 cm³/mol. The first-order valence-corrected chi connectivity index (χ1v) is 7.88. The van der Waals surface area contributed by atoms with Crippen molar-refractivity contribution in [3.8, 4) is 5.75 Å². The topological polar surface area (TPSA) is 57.6 Å². The summed E-state index contributed by atoms with van der Waals surface area (Å²) < 4.78 is 26.6. The summed E-state index contributed by atoms with van der Waals surface area (Å²) >= 11 is 0. The molecule has 0 saturated heterocycles. The molecule has 0 saturated carbocycles. The first-order valence-electron chi connectivity index (χ1n) is 6.44. The van der Waals surface area contributed by atoms with Crippen molar-refractivity contribution < 1.29 is 13.5 Å². The fourth-order valence-corrected chi connectivity index (χ4v) is 3.99. The number of fused-ring (bicyclic) bond motifs is 1. The molecule has 104 valence electrons. The van der Waals surface area contributed by atoms with Crippen LogP contribution in [0.25, 0.3) is 0 Å². The van der Waals surface area contributed by atoms with Gasteiger partial charge in [0, 0.05) is 13.1 Å². The quantitative estimate of drug-likeness (QED) is 0.921. The molecule has 1 aliphatic heterocycles. The van der Waals surface area contributed by atoms with Gasteiger partial charge >= 0.3 is 0 Å². The second kappa shape index (κ2) is 4.92. The van der Waals surface area contributed by atoms with E-state index in [-0.39, 0.29) is 10.6 Å². The van der Waals surface area contributed by atoms with Gasteiger partial charge in [0.05, 0.1) is 0 Å². The van der Waals surface area contributed by atoms with Gasteiger partial charge in [0.2, 0.25) is 10.0 Å². The molecular formula is C15H15NO3S. The van der Waals surface area contributed by atoms with Crippen LogP contribution in [-0.2, 0) is 23.0 Å². The lowest BCUT2D eigenvalue weighted by atomic mass is 10.0. The number of sulfonamides is 1. The summed E-state index contributed by atoms with van der Waals surface area (Å²) in [6.45, 7) is 0.792. The van der Waals surface area contributed by atoms with E-state index in [1.54, 1.807) is 12.1 Å². The van der Waals surface area contributed by atoms with E-state index in [0.29, 0.717) is 19.5 Å². The molecule has 5 heteroatoms. The molecule has 0 atom stereocenters. The third-order valence-electron chi connectivity index (χ3n) is 3.58. The number of benzene rings is 2. The van der Waals surface area contributed by atoms with E-state index >= 15 is 0 Å². The lowest BCUT2D eigenvalue weighted by Gasteiger charge is -2.28. The van der Waals surface area contributed by atoms with Crippen LogP contribution in [0.1, 0.15) is 11.1 Å². The maximum atomic E-state index is 12.6. The van der Waals surface area contributed by atoms with Gasteiger partial charge < -0.3 is 5.11 Å². The normalized spacial score (nSPS) is 15.8. The Labute approximate surface area is 118 Å². The van der Waals surface area contributed by atoms with Gasteiger partial charge in [-0.05, 0) is 29.7 Å². The zero-order chi connectivity index (χ0) is 14.2. The number of phenols is 1. The van der Waals surface area contributed by atoms with Gasteiger partial charge in [-0.15, -0.1) is 0 Å². The molecule has 0 spiro atoms. The minimum Gasteiger partial charge on any atom is -0.507 e. The monoisotopic (exact) mass is 289 g/mol. The van der Waals surface area contributed by atoms with E-state index in [2.05, 4.69) is 0 Å². The Morgan fingerprint density at radius 2 is 1.60 bits per heavy atom. The Bertz CT molecular complexity index is 740. The van der Waals surface area contributed by atoms with Crippen molar-refractivity contribution in [2.24, 2.45) is 0 Å². The molecule has 0 aliphatic carbocycles. The van der Waals surface area contributed by atoms with Gasteiger partial charge in [0.1, 0.15) is 10.6 Å². The van der Waals surface area contributed by atoms with Crippen molar-refractivity contribution in [2.45, 2.75) is 17.9 Å². The Morgan fingerprint density at radius 3 is 2.35 bits per heavy atom. The zero-order valence-corrected chi connectivity index (χ0v) is 11.7. The number of hydrogen-bond donors (Lipinski definition) is 1. The van der Waals surface area contributed by atoms with Crippen molar-refractivity contribution >= 4 is 10.0 Å². The molecule has 3 rings (SSSR count). The summed E-state index contributed by atoms with van der Waals surface area (Å²) in [6.07, 6.45) is 0.697. The maximum Gasteiger partial charge on any atom is 0.247 e. The number of hydrogen-bond acceptors (Lipinski definition) is 3. The van der Waals surface area contributed by atoms with Gasteiger partial charge in [0.25, 0.3) is 0 Å². The molecule has 0 amide bonds. The van der Waals surface area contributed by atoms with Gasteiger partial charge in [-0.3, -0.25) is 0 Å². The van der Waals surface area contributed by atoms with Crippen molar-refractivity contribution in [3.63, 3.8) is 0 Å². The smallest absolute Gasteiger partial charge is 0.247 e. The van der Waals surface area contributed by atoms with Crippen LogP contribution in [0.2, 0.25) is 0 Å². The number of nitrogens with zero attached hydrogens (tertiary/aromatic N) is 1. The summed E-state index contributed by atoms with van der Waals surface area (Å²) in [4.78, 5) is -0.0284. The van der Waals surface area contributed by atoms with Gasteiger partial charge in [-0.2, -0.15) is 4.31 Å². The molecule has 1 aliphatic rings. The molecule has 1 heterocycles. The van der Waals surface area contributed by atoms with E-state index in [1.807, 2.05) is 24.3 Å². The van der Waals surface area contributed by atoms with Crippen LogP contribution in [0.15, 0.2) is 53.4 Å². The van der Waals surface area contributed by atoms with Gasteiger partial charge in [0.15, 0.2) is 0 Å². The third kappa shape index (κ3) is 2.19. The van der Waals surface area contributed by atoms with E-state index in [0.717, 1.165) is 5.56 Å². The van der Waals surface area contributed by atoms with E-state index < -0.39 is 10.0 Å². The standard InChI is InChI=1S/C15H15NO3S/c17-14-7-3-4-8-15(14)20(18,19)16-10-9-12-5-1-2-6-13(12)11-16/h1-8,17H,9-11H2. The lowest BCUT2D eigenvalue weighted by Crippen LogP contribution is -2.35. The number of rotatable bonds is 2. The molecule has 2 aromatic carbocycles. The molecule has 20 heavy (non-hydrogen) atoms. The van der Waals surface area contributed by atoms with Crippen molar-refractivity contribution in [1.82, 2.24) is 4.31 Å². The Balaban J connectivity index is 1.97. The molecule has 1 N–H and O–H groups in total. The molecule has 2 aromatic rings. The van der Waals surface area contributed by atoms with E-state index in [1.165, 1.54) is 22.0 Å².